The van der Waals surface area contributed by atoms with Crippen molar-refractivity contribution in [3.8, 4) is 0 Å². The van der Waals surface area contributed by atoms with Crippen LogP contribution in [-0.4, -0.2) is 28.1 Å². The van der Waals surface area contributed by atoms with Crippen LogP contribution in [0.15, 0.2) is 42.6 Å². The standard InChI is InChI=1S/C21H24F2N2O4/c1-12(2)18(29-11-17-9-8-16(10-24-17)19(22)23)20(26)25-13(3)14-4-6-15(7-5-14)21(27)28/h4-10,12-13,18-19H,11H2,1-3H3,(H,25,26)(H,27,28)/t13-,18?/m0/s1. The maximum absolute atomic E-state index is 12.7. The smallest absolute Gasteiger partial charge is 0.335 e. The van der Waals surface area contributed by atoms with Crippen molar-refractivity contribution in [2.24, 2.45) is 5.92 Å². The van der Waals surface area contributed by atoms with Crippen LogP contribution in [0.5, 0.6) is 0 Å². The van der Waals surface area contributed by atoms with Gasteiger partial charge >= 0.3 is 5.97 Å². The Morgan fingerprint density at radius 1 is 1.07 bits per heavy atom. The van der Waals surface area contributed by atoms with Crippen molar-refractivity contribution in [3.63, 3.8) is 0 Å². The number of pyridine rings is 1. The number of nitrogens with zero attached hydrogens (tertiary/aromatic N) is 1. The fourth-order valence-electron chi connectivity index (χ4n) is 2.69. The molecule has 0 bridgehead atoms. The number of hydrogen-bond donors (Lipinski definition) is 2. The molecule has 2 atom stereocenters. The number of aromatic carboxylic acids is 1. The average Bonchev–Trinajstić information content (AvgIpc) is 2.68. The minimum absolute atomic E-state index is 0.0154. The average molecular weight is 406 g/mol. The summed E-state index contributed by atoms with van der Waals surface area (Å²) in [6.45, 7) is 5.48. The number of hydrogen-bond acceptors (Lipinski definition) is 4. The minimum atomic E-state index is -2.59. The highest BCUT2D eigenvalue weighted by Gasteiger charge is 2.25. The molecule has 0 aliphatic heterocycles. The summed E-state index contributed by atoms with van der Waals surface area (Å²) in [5, 5.41) is 11.8. The van der Waals surface area contributed by atoms with Gasteiger partial charge in [0.2, 0.25) is 5.91 Å². The number of carbonyl (C=O) groups excluding carboxylic acids is 1. The second-order valence-electron chi connectivity index (χ2n) is 7.02. The number of nitrogens with one attached hydrogen (secondary N) is 1. The van der Waals surface area contributed by atoms with Crippen LogP contribution in [0.4, 0.5) is 8.78 Å². The molecule has 0 saturated carbocycles. The molecular weight excluding hydrogens is 382 g/mol. The van der Waals surface area contributed by atoms with Gasteiger partial charge in [-0.1, -0.05) is 26.0 Å². The van der Waals surface area contributed by atoms with Crippen molar-refractivity contribution in [1.82, 2.24) is 10.3 Å². The normalized spacial score (nSPS) is 13.3. The third kappa shape index (κ3) is 6.32. The topological polar surface area (TPSA) is 88.5 Å². The molecule has 2 aromatic rings. The molecule has 0 fully saturated rings. The van der Waals surface area contributed by atoms with Gasteiger partial charge in [0.15, 0.2) is 0 Å². The van der Waals surface area contributed by atoms with Crippen molar-refractivity contribution in [1.29, 1.82) is 0 Å². The molecule has 0 radical (unpaired) electrons. The maximum atomic E-state index is 12.7. The van der Waals surface area contributed by atoms with E-state index in [-0.39, 0.29) is 35.6 Å². The predicted octanol–water partition coefficient (Wildman–Crippen LogP) is 4.14. The Morgan fingerprint density at radius 2 is 1.69 bits per heavy atom. The molecule has 156 valence electrons. The third-order valence-electron chi connectivity index (χ3n) is 4.39. The Labute approximate surface area is 167 Å². The summed E-state index contributed by atoms with van der Waals surface area (Å²) in [6.07, 6.45) is -2.25. The number of carbonyl (C=O) groups is 2. The largest absolute Gasteiger partial charge is 0.478 e. The van der Waals surface area contributed by atoms with Crippen LogP contribution in [0.1, 0.15) is 60.4 Å². The molecule has 2 rings (SSSR count). The van der Waals surface area contributed by atoms with Crippen molar-refractivity contribution in [2.45, 2.75) is 45.9 Å². The molecule has 1 aromatic heterocycles. The lowest BCUT2D eigenvalue weighted by molar-refractivity contribution is -0.137. The Morgan fingerprint density at radius 3 is 2.17 bits per heavy atom. The first-order valence-electron chi connectivity index (χ1n) is 9.17. The SMILES string of the molecule is CC(C)C(OCc1ccc(C(F)F)cn1)C(=O)N[C@@H](C)c1ccc(C(=O)O)cc1. The molecule has 0 spiro atoms. The summed E-state index contributed by atoms with van der Waals surface area (Å²) < 4.78 is 30.9. The quantitative estimate of drug-likeness (QED) is 0.654. The molecule has 1 amide bonds. The summed E-state index contributed by atoms with van der Waals surface area (Å²) in [6, 6.07) is 8.63. The number of aromatic nitrogens is 1. The molecule has 0 aliphatic carbocycles. The van der Waals surface area contributed by atoms with E-state index in [1.165, 1.54) is 24.3 Å². The van der Waals surface area contributed by atoms with Gasteiger partial charge < -0.3 is 15.2 Å². The molecular formula is C21H24F2N2O4. The number of carboxylic acid groups (broad SMARTS) is 1. The van der Waals surface area contributed by atoms with Crippen LogP contribution in [0.25, 0.3) is 0 Å². The van der Waals surface area contributed by atoms with Gasteiger partial charge in [-0.3, -0.25) is 9.78 Å². The lowest BCUT2D eigenvalue weighted by Crippen LogP contribution is -2.40. The van der Waals surface area contributed by atoms with Crippen molar-refractivity contribution in [2.75, 3.05) is 0 Å². The summed E-state index contributed by atoms with van der Waals surface area (Å²) >= 11 is 0. The van der Waals surface area contributed by atoms with Crippen molar-refractivity contribution in [3.05, 3.63) is 65.0 Å². The minimum Gasteiger partial charge on any atom is -0.478 e. The van der Waals surface area contributed by atoms with Gasteiger partial charge in [0.05, 0.1) is 23.9 Å². The number of carboxylic acids is 1. The van der Waals surface area contributed by atoms with Crippen molar-refractivity contribution < 1.29 is 28.2 Å². The highest BCUT2D eigenvalue weighted by Crippen LogP contribution is 2.19. The summed E-state index contributed by atoms with van der Waals surface area (Å²) in [5.74, 6) is -1.47. The summed E-state index contributed by atoms with van der Waals surface area (Å²) in [5.41, 5.74) is 1.20. The monoisotopic (exact) mass is 406 g/mol. The predicted molar refractivity (Wildman–Crippen MR) is 103 cm³/mol. The fraction of sp³-hybridized carbons (Fsp3) is 0.381. The summed E-state index contributed by atoms with van der Waals surface area (Å²) in [7, 11) is 0. The van der Waals surface area contributed by atoms with Crippen LogP contribution >= 0.6 is 0 Å². The second-order valence-corrected chi connectivity index (χ2v) is 7.02. The molecule has 0 saturated heterocycles. The van der Waals surface area contributed by atoms with Gasteiger partial charge in [-0.2, -0.15) is 0 Å². The number of rotatable bonds is 9. The van der Waals surface area contributed by atoms with E-state index >= 15 is 0 Å². The zero-order valence-electron chi connectivity index (χ0n) is 16.4. The first kappa shape index (κ1) is 22.4. The first-order valence-corrected chi connectivity index (χ1v) is 9.17. The molecule has 2 N–H and O–H groups in total. The Balaban J connectivity index is 1.98. The molecule has 0 aliphatic rings. The first-order chi connectivity index (χ1) is 13.7. The van der Waals surface area contributed by atoms with E-state index in [1.807, 2.05) is 13.8 Å². The maximum Gasteiger partial charge on any atom is 0.335 e. The van der Waals surface area contributed by atoms with E-state index in [0.29, 0.717) is 5.69 Å². The lowest BCUT2D eigenvalue weighted by Gasteiger charge is -2.23. The van der Waals surface area contributed by atoms with E-state index in [9.17, 15) is 18.4 Å². The van der Waals surface area contributed by atoms with E-state index in [1.54, 1.807) is 19.1 Å². The van der Waals surface area contributed by atoms with E-state index < -0.39 is 18.5 Å². The highest BCUT2D eigenvalue weighted by molar-refractivity contribution is 5.87. The molecule has 1 aromatic carbocycles. The third-order valence-corrected chi connectivity index (χ3v) is 4.39. The Hall–Kier alpha value is -2.87. The number of halogens is 2. The van der Waals surface area contributed by atoms with Gasteiger partial charge in [0.1, 0.15) is 6.10 Å². The number of alkyl halides is 2. The summed E-state index contributed by atoms with van der Waals surface area (Å²) in [4.78, 5) is 27.5. The zero-order chi connectivity index (χ0) is 21.6. The lowest BCUT2D eigenvalue weighted by atomic mass is 10.0. The van der Waals surface area contributed by atoms with Gasteiger partial charge in [-0.05, 0) is 42.7 Å². The Bertz CT molecular complexity index is 824. The molecule has 6 nitrogen and oxygen atoms in total. The molecule has 29 heavy (non-hydrogen) atoms. The molecule has 8 heteroatoms. The van der Waals surface area contributed by atoms with Gasteiger partial charge in [0.25, 0.3) is 6.43 Å². The van der Waals surface area contributed by atoms with Crippen LogP contribution in [-0.2, 0) is 16.1 Å². The highest BCUT2D eigenvalue weighted by atomic mass is 19.3. The number of ether oxygens (including phenoxy) is 1. The molecule has 1 heterocycles. The fourth-order valence-corrected chi connectivity index (χ4v) is 2.69. The van der Waals surface area contributed by atoms with Crippen LogP contribution in [0, 0.1) is 5.92 Å². The van der Waals surface area contributed by atoms with Crippen LogP contribution in [0.2, 0.25) is 0 Å². The van der Waals surface area contributed by atoms with Crippen LogP contribution < -0.4 is 5.32 Å². The second kappa shape index (κ2) is 10.1. The van der Waals surface area contributed by atoms with E-state index in [4.69, 9.17) is 9.84 Å². The zero-order valence-corrected chi connectivity index (χ0v) is 16.4. The number of benzene rings is 1. The van der Waals surface area contributed by atoms with Gasteiger partial charge in [-0.25, -0.2) is 13.6 Å². The van der Waals surface area contributed by atoms with Crippen molar-refractivity contribution >= 4 is 11.9 Å². The molecule has 1 unspecified atom stereocenters. The van der Waals surface area contributed by atoms with Crippen LogP contribution in [0.3, 0.4) is 0 Å². The van der Waals surface area contributed by atoms with E-state index in [2.05, 4.69) is 10.3 Å². The van der Waals surface area contributed by atoms with Gasteiger partial charge in [0, 0.05) is 11.8 Å². The Kier molecular flexibility index (Phi) is 7.78. The number of amides is 1. The van der Waals surface area contributed by atoms with Gasteiger partial charge in [-0.15, -0.1) is 0 Å². The van der Waals surface area contributed by atoms with E-state index in [0.717, 1.165) is 11.8 Å².